The Hall–Kier alpha value is -7.18. The lowest BCUT2D eigenvalue weighted by atomic mass is 10.0. The molecule has 10 bridgehead atoms. The molecule has 28 heteroatoms. The van der Waals surface area contributed by atoms with Crippen molar-refractivity contribution in [3.8, 4) is 43.4 Å². The fourth-order valence-corrected chi connectivity index (χ4v) is 12.3. The van der Waals surface area contributed by atoms with Gasteiger partial charge in [0.25, 0.3) is 23.6 Å². The van der Waals surface area contributed by atoms with Crippen molar-refractivity contribution in [2.45, 2.75) is 38.1 Å². The van der Waals surface area contributed by atoms with Crippen molar-refractivity contribution >= 4 is 114 Å². The van der Waals surface area contributed by atoms with Crippen molar-refractivity contribution < 1.29 is 43.0 Å². The minimum atomic E-state index is -1.28. The Labute approximate surface area is 436 Å². The van der Waals surface area contributed by atoms with E-state index < -0.39 is 66.9 Å². The number of aromatic nitrogens is 7. The lowest BCUT2D eigenvalue weighted by Gasteiger charge is -2.23. The number of nitrogens with one attached hydrogen (secondary N) is 6. The van der Waals surface area contributed by atoms with E-state index in [-0.39, 0.29) is 46.1 Å². The number of benzene rings is 1. The Morgan fingerprint density at radius 1 is 0.753 bits per heavy atom. The van der Waals surface area contributed by atoms with Crippen LogP contribution < -0.4 is 31.9 Å². The average molecular weight is 1100 g/mol. The van der Waals surface area contributed by atoms with Crippen LogP contribution in [0.4, 0.5) is 15.3 Å². The zero-order valence-electron chi connectivity index (χ0n) is 38.2. The smallest absolute Gasteiger partial charge is 0.277 e. The Balaban J connectivity index is 1.13. The summed E-state index contributed by atoms with van der Waals surface area (Å²) in [5, 5.41) is 36.1. The lowest BCUT2D eigenvalue weighted by Crippen LogP contribution is -2.40. The van der Waals surface area contributed by atoms with E-state index in [1.807, 2.05) is 0 Å². The number of hydrogen-bond acceptors (Lipinski definition) is 21. The maximum Gasteiger partial charge on any atom is 0.277 e. The van der Waals surface area contributed by atoms with Gasteiger partial charge in [0.1, 0.15) is 77.2 Å². The third-order valence-electron chi connectivity index (χ3n) is 10.6. The predicted molar refractivity (Wildman–Crippen MR) is 274 cm³/mol. The number of nitrogens with zero attached hydrogens (tertiary/aromatic N) is 7. The summed E-state index contributed by atoms with van der Waals surface area (Å²) in [6.45, 7) is -0.154. The molecule has 1 aliphatic heterocycles. The van der Waals surface area contributed by atoms with E-state index in [0.717, 1.165) is 34.0 Å². The number of carbonyl (C=O) groups excluding carboxylic acids is 6. The second-order valence-electron chi connectivity index (χ2n) is 15.6. The molecule has 21 nitrogen and oxygen atoms in total. The number of halogens is 1. The van der Waals surface area contributed by atoms with Crippen molar-refractivity contribution in [3.05, 3.63) is 106 Å². The van der Waals surface area contributed by atoms with Gasteiger partial charge in [-0.3, -0.25) is 34.1 Å². The van der Waals surface area contributed by atoms with Gasteiger partial charge in [0.05, 0.1) is 36.2 Å². The molecule has 0 unspecified atom stereocenters. The number of anilines is 2. The summed E-state index contributed by atoms with van der Waals surface area (Å²) in [5.74, 6) is -3.85. The van der Waals surface area contributed by atoms with Crippen LogP contribution in [0, 0.1) is 6.92 Å². The van der Waals surface area contributed by atoms with Crippen molar-refractivity contribution in [1.29, 1.82) is 0 Å². The molecule has 0 saturated carbocycles. The molecule has 0 radical (unpaired) electrons. The van der Waals surface area contributed by atoms with E-state index in [0.29, 0.717) is 63.7 Å². The minimum absolute atomic E-state index is 0.00767. The quantitative estimate of drug-likeness (QED) is 0.0829. The van der Waals surface area contributed by atoms with Gasteiger partial charge in [-0.1, -0.05) is 41.7 Å². The van der Waals surface area contributed by atoms with Crippen molar-refractivity contribution in [2.24, 2.45) is 0 Å². The van der Waals surface area contributed by atoms with E-state index >= 15 is 0 Å². The van der Waals surface area contributed by atoms with E-state index in [9.17, 15) is 38.3 Å². The summed E-state index contributed by atoms with van der Waals surface area (Å²) >= 11 is 6.81. The van der Waals surface area contributed by atoms with Gasteiger partial charge in [-0.2, -0.15) is 0 Å². The maximum absolute atomic E-state index is 14.1. The highest BCUT2D eigenvalue weighted by Gasteiger charge is 2.31. The van der Waals surface area contributed by atoms with E-state index in [1.165, 1.54) is 48.2 Å². The van der Waals surface area contributed by atoms with Crippen LogP contribution in [-0.4, -0.2) is 103 Å². The minimum Gasteiger partial charge on any atom is -0.386 e. The third kappa shape index (κ3) is 11.4. The predicted octanol–water partition coefficient (Wildman–Crippen LogP) is 6.35. The Bertz CT molecular complexity index is 3390. The molecular formula is C45H38FN13O8S6. The second-order valence-corrected chi connectivity index (χ2v) is 21.4. The number of pyridine rings is 1. The first-order valence-corrected chi connectivity index (χ1v) is 26.7. The molecule has 6 amide bonds. The zero-order chi connectivity index (χ0) is 51.3. The van der Waals surface area contributed by atoms with Crippen LogP contribution in [0.1, 0.15) is 81.4 Å². The van der Waals surface area contributed by atoms with E-state index in [2.05, 4.69) is 46.9 Å². The normalized spacial score (nSPS) is 15.7. The van der Waals surface area contributed by atoms with Crippen molar-refractivity contribution in [2.75, 3.05) is 38.0 Å². The highest BCUT2D eigenvalue weighted by Crippen LogP contribution is 2.40. The number of hydrogen-bond donors (Lipinski definition) is 7. The fraction of sp³-hybridized carbons (Fsp3) is 0.222. The highest BCUT2D eigenvalue weighted by molar-refractivity contribution is 7.16. The monoisotopic (exact) mass is 1100 g/mol. The highest BCUT2D eigenvalue weighted by atomic mass is 32.1. The summed E-state index contributed by atoms with van der Waals surface area (Å²) in [5.41, 5.74) is 2.39. The Morgan fingerprint density at radius 2 is 1.49 bits per heavy atom. The molecule has 1 aromatic carbocycles. The lowest BCUT2D eigenvalue weighted by molar-refractivity contribution is -0.122. The van der Waals surface area contributed by atoms with Gasteiger partial charge in [0, 0.05) is 46.1 Å². The summed E-state index contributed by atoms with van der Waals surface area (Å²) in [6, 6.07) is 10.0. The van der Waals surface area contributed by atoms with Gasteiger partial charge < -0.3 is 36.4 Å². The number of thiazole rings is 6. The molecule has 8 aromatic rings. The number of alkyl halides is 1. The number of aryl methyl sites for hydroxylation is 1. The fourth-order valence-electron chi connectivity index (χ4n) is 7.15. The number of rotatable bonds is 9. The molecule has 7 aromatic heterocycles. The first-order valence-electron chi connectivity index (χ1n) is 21.6. The topological polar surface area (TPSA) is 294 Å². The van der Waals surface area contributed by atoms with Crippen LogP contribution >= 0.6 is 68.0 Å². The maximum atomic E-state index is 14.1. The molecule has 0 aliphatic carbocycles. The number of amides is 6. The molecule has 374 valence electrons. The molecule has 73 heavy (non-hydrogen) atoms. The summed E-state index contributed by atoms with van der Waals surface area (Å²) in [4.78, 5) is 113. The molecule has 0 saturated heterocycles. The van der Waals surface area contributed by atoms with Gasteiger partial charge in [-0.15, -0.1) is 56.7 Å². The number of ether oxygens (including phenoxy) is 1. The number of aliphatic hydroxyl groups excluding tert-OH is 1. The molecule has 0 spiro atoms. The van der Waals surface area contributed by atoms with Crippen LogP contribution in [-0.2, 0) is 25.7 Å². The van der Waals surface area contributed by atoms with Crippen molar-refractivity contribution in [3.63, 3.8) is 0 Å². The SMILES string of the molecule is CNC(=O)C[C@@H]1NC(=O)c2csc(n2)-c2ccc(-c3nc(NC(=O)CF)cs3)nc2-c2csc(n2)-c2csc(n2)[C@H]([C@@H](O)c2ccccc2)NC(=O)CNC(=O)c2nc(sc2COC)NC(=O)c2nc1sc2C. The summed E-state index contributed by atoms with van der Waals surface area (Å²) < 4.78 is 18.3. The molecule has 8 heterocycles. The Kier molecular flexibility index (Phi) is 15.5. The molecule has 1 aliphatic rings. The van der Waals surface area contributed by atoms with E-state index in [4.69, 9.17) is 24.7 Å². The second kappa shape index (κ2) is 22.3. The first-order chi connectivity index (χ1) is 35.3. The van der Waals surface area contributed by atoms with Crippen LogP contribution in [0.3, 0.4) is 0 Å². The number of carbonyl (C=O) groups is 6. The van der Waals surface area contributed by atoms with Gasteiger partial charge in [0.15, 0.2) is 11.8 Å². The third-order valence-corrected chi connectivity index (χ3v) is 16.2. The molecule has 9 rings (SSSR count). The van der Waals surface area contributed by atoms with Crippen LogP contribution in [0.5, 0.6) is 0 Å². The van der Waals surface area contributed by atoms with Gasteiger partial charge in [-0.25, -0.2) is 39.3 Å². The molecule has 3 atom stereocenters. The van der Waals surface area contributed by atoms with Crippen LogP contribution in [0.15, 0.2) is 64.0 Å². The van der Waals surface area contributed by atoms with Crippen LogP contribution in [0.25, 0.3) is 43.4 Å². The molecule has 0 fully saturated rings. The van der Waals surface area contributed by atoms with E-state index in [1.54, 1.807) is 70.9 Å². The Morgan fingerprint density at radius 3 is 2.27 bits per heavy atom. The van der Waals surface area contributed by atoms with Gasteiger partial charge >= 0.3 is 0 Å². The average Bonchev–Trinajstić information content (AvgIpc) is 4.27. The molecule has 7 N–H and O–H groups in total. The number of methoxy groups -OCH3 is 1. The standard InChI is InChI=1S/C45H38FN13O8S6/c1-19-32-39(66)59-45-58-34(27(73-45)14-67-3)38(65)48-13-31(62)56-35(36(63)20-7-5-4-6-8-20)44-53-26(17-70-44)42-51-24(15-69-42)33-21(9-10-22(49-33)41-55-28(18-71-41)54-30(61)12-46)40-52-25(16-68-40)37(64)50-23(11-29(60)47-2)43(57-32)72-19/h4-10,15-18,23,35-36,63H,11-14H2,1-3H3,(H,47,60)(H,48,65)(H,50,64)(H,54,61)(H,56,62)(H,58,59,66)/t23-,35-,36-/m0/s1. The van der Waals surface area contributed by atoms with Gasteiger partial charge in [0.2, 0.25) is 11.8 Å². The largest absolute Gasteiger partial charge is 0.386 e. The molecular weight excluding hydrogens is 1060 g/mol. The first kappa shape index (κ1) is 50.7. The number of aliphatic hydroxyl groups is 1. The summed E-state index contributed by atoms with van der Waals surface area (Å²) in [7, 11) is 2.87. The number of fused-ring (bicyclic) bond motifs is 14. The summed E-state index contributed by atoms with van der Waals surface area (Å²) in [6.07, 6.45) is -1.51. The zero-order valence-corrected chi connectivity index (χ0v) is 43.1. The van der Waals surface area contributed by atoms with Crippen LogP contribution in [0.2, 0.25) is 0 Å². The van der Waals surface area contributed by atoms with Gasteiger partial charge in [-0.05, 0) is 24.6 Å². The van der Waals surface area contributed by atoms with Crippen molar-refractivity contribution in [1.82, 2.24) is 56.2 Å².